The van der Waals surface area contributed by atoms with Crippen molar-refractivity contribution < 1.29 is 0 Å². The SMILES string of the molecule is CC1=CC(c2cccc(C)c2)=CCC1. The number of benzene rings is 1. The fraction of sp³-hybridized carbons (Fsp3) is 0.286. The molecule has 0 bridgehead atoms. The van der Waals surface area contributed by atoms with Gasteiger partial charge in [0.15, 0.2) is 0 Å². The van der Waals surface area contributed by atoms with Crippen molar-refractivity contribution in [3.05, 3.63) is 53.1 Å². The van der Waals surface area contributed by atoms with Crippen LogP contribution in [0.5, 0.6) is 0 Å². The minimum Gasteiger partial charge on any atom is -0.0763 e. The topological polar surface area (TPSA) is 0 Å². The number of allylic oxidation sites excluding steroid dienone is 4. The number of hydrogen-bond donors (Lipinski definition) is 0. The molecule has 0 heteroatoms. The summed E-state index contributed by atoms with van der Waals surface area (Å²) in [5, 5.41) is 0. The molecule has 1 aliphatic carbocycles. The van der Waals surface area contributed by atoms with E-state index in [1.165, 1.54) is 35.1 Å². The Labute approximate surface area is 86.0 Å². The molecule has 0 heterocycles. The van der Waals surface area contributed by atoms with Gasteiger partial charge in [-0.25, -0.2) is 0 Å². The van der Waals surface area contributed by atoms with Crippen LogP contribution in [0.3, 0.4) is 0 Å². The first-order valence-corrected chi connectivity index (χ1v) is 5.20. The molecule has 1 aliphatic rings. The van der Waals surface area contributed by atoms with Crippen LogP contribution < -0.4 is 0 Å². The van der Waals surface area contributed by atoms with Gasteiger partial charge in [0.05, 0.1) is 0 Å². The average molecular weight is 184 g/mol. The lowest BCUT2D eigenvalue weighted by molar-refractivity contribution is 0.966. The first-order valence-electron chi connectivity index (χ1n) is 5.20. The van der Waals surface area contributed by atoms with Gasteiger partial charge in [-0.05, 0) is 37.8 Å². The summed E-state index contributed by atoms with van der Waals surface area (Å²) in [5.74, 6) is 0. The molecule has 0 amide bonds. The second-order valence-corrected chi connectivity index (χ2v) is 4.06. The molecule has 0 nitrogen and oxygen atoms in total. The summed E-state index contributed by atoms with van der Waals surface area (Å²) in [4.78, 5) is 0. The highest BCUT2D eigenvalue weighted by molar-refractivity contribution is 5.75. The van der Waals surface area contributed by atoms with E-state index in [4.69, 9.17) is 0 Å². The highest BCUT2D eigenvalue weighted by Crippen LogP contribution is 2.25. The Hall–Kier alpha value is -1.30. The number of hydrogen-bond acceptors (Lipinski definition) is 0. The maximum atomic E-state index is 2.34. The van der Waals surface area contributed by atoms with E-state index in [9.17, 15) is 0 Å². The van der Waals surface area contributed by atoms with Crippen LogP contribution >= 0.6 is 0 Å². The fourth-order valence-corrected chi connectivity index (χ4v) is 1.88. The van der Waals surface area contributed by atoms with E-state index < -0.39 is 0 Å². The van der Waals surface area contributed by atoms with Crippen LogP contribution in [0.4, 0.5) is 0 Å². The summed E-state index contributed by atoms with van der Waals surface area (Å²) in [6, 6.07) is 8.71. The molecule has 14 heavy (non-hydrogen) atoms. The molecule has 0 unspecified atom stereocenters. The van der Waals surface area contributed by atoms with Crippen LogP contribution in [0, 0.1) is 6.92 Å². The van der Waals surface area contributed by atoms with Gasteiger partial charge in [-0.1, -0.05) is 47.6 Å². The van der Waals surface area contributed by atoms with Crippen LogP contribution in [0.1, 0.15) is 30.9 Å². The van der Waals surface area contributed by atoms with Crippen LogP contribution in [0.15, 0.2) is 42.0 Å². The zero-order chi connectivity index (χ0) is 9.97. The molecule has 0 saturated heterocycles. The molecular weight excluding hydrogens is 168 g/mol. The third kappa shape index (κ3) is 1.95. The monoisotopic (exact) mass is 184 g/mol. The normalized spacial score (nSPS) is 16.1. The summed E-state index contributed by atoms with van der Waals surface area (Å²) >= 11 is 0. The molecule has 72 valence electrons. The molecule has 0 aliphatic heterocycles. The summed E-state index contributed by atoms with van der Waals surface area (Å²) in [7, 11) is 0. The molecule has 0 radical (unpaired) electrons. The molecule has 1 aromatic carbocycles. The standard InChI is InChI=1S/C14H16/c1-11-5-3-7-13(9-11)14-8-4-6-12(2)10-14/h3,5,7-10H,4,6H2,1-2H3. The Morgan fingerprint density at radius 3 is 2.71 bits per heavy atom. The first-order chi connectivity index (χ1) is 6.75. The molecule has 0 saturated carbocycles. The maximum Gasteiger partial charge on any atom is -0.0185 e. The highest BCUT2D eigenvalue weighted by Gasteiger charge is 2.03. The van der Waals surface area contributed by atoms with Crippen molar-refractivity contribution in [2.45, 2.75) is 26.7 Å². The van der Waals surface area contributed by atoms with E-state index in [0.29, 0.717) is 0 Å². The van der Waals surface area contributed by atoms with Gasteiger partial charge in [0.25, 0.3) is 0 Å². The fourth-order valence-electron chi connectivity index (χ4n) is 1.88. The maximum absolute atomic E-state index is 2.34. The minimum absolute atomic E-state index is 1.19. The van der Waals surface area contributed by atoms with Crippen LogP contribution in [-0.4, -0.2) is 0 Å². The van der Waals surface area contributed by atoms with Crippen molar-refractivity contribution in [2.24, 2.45) is 0 Å². The smallest absolute Gasteiger partial charge is 0.0185 e. The zero-order valence-corrected chi connectivity index (χ0v) is 8.88. The van der Waals surface area contributed by atoms with E-state index in [-0.39, 0.29) is 0 Å². The molecule has 0 spiro atoms. The molecule has 0 atom stereocenters. The van der Waals surface area contributed by atoms with Crippen molar-refractivity contribution >= 4 is 5.57 Å². The molecule has 0 N–H and O–H groups in total. The van der Waals surface area contributed by atoms with Gasteiger partial charge in [0.1, 0.15) is 0 Å². The van der Waals surface area contributed by atoms with Crippen molar-refractivity contribution in [1.82, 2.24) is 0 Å². The lowest BCUT2D eigenvalue weighted by Gasteiger charge is -2.11. The molecule has 2 rings (SSSR count). The lowest BCUT2D eigenvalue weighted by Crippen LogP contribution is -1.90. The van der Waals surface area contributed by atoms with E-state index in [0.717, 1.165) is 0 Å². The zero-order valence-electron chi connectivity index (χ0n) is 8.88. The van der Waals surface area contributed by atoms with E-state index >= 15 is 0 Å². The lowest BCUT2D eigenvalue weighted by atomic mass is 9.95. The Morgan fingerprint density at radius 2 is 2.00 bits per heavy atom. The van der Waals surface area contributed by atoms with E-state index in [1.807, 2.05) is 0 Å². The van der Waals surface area contributed by atoms with Gasteiger partial charge in [-0.15, -0.1) is 0 Å². The second-order valence-electron chi connectivity index (χ2n) is 4.06. The van der Waals surface area contributed by atoms with Gasteiger partial charge in [0, 0.05) is 0 Å². The Balaban J connectivity index is 2.36. The Morgan fingerprint density at radius 1 is 1.14 bits per heavy atom. The second kappa shape index (κ2) is 3.83. The quantitative estimate of drug-likeness (QED) is 0.616. The van der Waals surface area contributed by atoms with Crippen molar-refractivity contribution in [2.75, 3.05) is 0 Å². The molecule has 0 fully saturated rings. The van der Waals surface area contributed by atoms with Gasteiger partial charge in [-0.3, -0.25) is 0 Å². The Kier molecular flexibility index (Phi) is 2.53. The minimum atomic E-state index is 1.19. The van der Waals surface area contributed by atoms with Crippen molar-refractivity contribution in [3.63, 3.8) is 0 Å². The molecular formula is C14H16. The number of aryl methyl sites for hydroxylation is 1. The van der Waals surface area contributed by atoms with Crippen LogP contribution in [-0.2, 0) is 0 Å². The summed E-state index contributed by atoms with van der Waals surface area (Å²) < 4.78 is 0. The van der Waals surface area contributed by atoms with E-state index in [2.05, 4.69) is 50.3 Å². The van der Waals surface area contributed by atoms with Crippen molar-refractivity contribution in [1.29, 1.82) is 0 Å². The molecule has 0 aromatic heterocycles. The van der Waals surface area contributed by atoms with Crippen LogP contribution in [0.25, 0.3) is 5.57 Å². The number of rotatable bonds is 1. The van der Waals surface area contributed by atoms with E-state index in [1.54, 1.807) is 0 Å². The highest BCUT2D eigenvalue weighted by atomic mass is 14.1. The average Bonchev–Trinajstić information content (AvgIpc) is 2.18. The summed E-state index contributed by atoms with van der Waals surface area (Å²) in [5.41, 5.74) is 5.56. The van der Waals surface area contributed by atoms with Gasteiger partial charge < -0.3 is 0 Å². The van der Waals surface area contributed by atoms with Gasteiger partial charge >= 0.3 is 0 Å². The Bertz CT molecular complexity index is 394. The first kappa shape index (κ1) is 9.26. The predicted octanol–water partition coefficient (Wildman–Crippen LogP) is 4.12. The third-order valence-electron chi connectivity index (χ3n) is 2.66. The third-order valence-corrected chi connectivity index (χ3v) is 2.66. The van der Waals surface area contributed by atoms with Gasteiger partial charge in [-0.2, -0.15) is 0 Å². The summed E-state index contributed by atoms with van der Waals surface area (Å²) in [6.07, 6.45) is 7.04. The molecule has 1 aromatic rings. The van der Waals surface area contributed by atoms with Gasteiger partial charge in [0.2, 0.25) is 0 Å². The largest absolute Gasteiger partial charge is 0.0763 e. The predicted molar refractivity (Wildman–Crippen MR) is 62.1 cm³/mol. The van der Waals surface area contributed by atoms with Crippen molar-refractivity contribution in [3.8, 4) is 0 Å². The summed E-state index contributed by atoms with van der Waals surface area (Å²) in [6.45, 7) is 4.35. The van der Waals surface area contributed by atoms with Crippen LogP contribution in [0.2, 0.25) is 0 Å².